The fraction of sp³-hybridized carbons (Fsp3) is 0.789. The van der Waals surface area contributed by atoms with Crippen LogP contribution in [0.2, 0.25) is 0 Å². The molecule has 0 bridgehead atoms. The summed E-state index contributed by atoms with van der Waals surface area (Å²) in [5.74, 6) is 3.11. The third kappa shape index (κ3) is 4.67. The molecule has 0 saturated carbocycles. The van der Waals surface area contributed by atoms with Crippen molar-refractivity contribution in [2.24, 2.45) is 5.92 Å². The van der Waals surface area contributed by atoms with Crippen LogP contribution in [0.1, 0.15) is 37.8 Å². The van der Waals surface area contributed by atoms with Crippen LogP contribution in [0, 0.1) is 5.92 Å². The van der Waals surface area contributed by atoms with Gasteiger partial charge in [-0.05, 0) is 38.0 Å². The zero-order valence-electron chi connectivity index (χ0n) is 16.2. The van der Waals surface area contributed by atoms with Gasteiger partial charge in [0.2, 0.25) is 5.95 Å². The van der Waals surface area contributed by atoms with Crippen molar-refractivity contribution in [2.45, 2.75) is 49.5 Å². The maximum absolute atomic E-state index is 10.5. The van der Waals surface area contributed by atoms with Gasteiger partial charge in [-0.2, -0.15) is 9.54 Å². The van der Waals surface area contributed by atoms with E-state index in [1.165, 1.54) is 0 Å². The first-order chi connectivity index (χ1) is 13.2. The predicted molar refractivity (Wildman–Crippen MR) is 108 cm³/mol. The lowest BCUT2D eigenvalue weighted by Gasteiger charge is -2.26. The Labute approximate surface area is 164 Å². The molecule has 2 fully saturated rings. The molecule has 2 saturated heterocycles. The summed E-state index contributed by atoms with van der Waals surface area (Å²) >= 11 is -0.744. The Hall–Kier alpha value is -1.09. The third-order valence-electron chi connectivity index (χ3n) is 5.81. The molecule has 7 nitrogen and oxygen atoms in total. The summed E-state index contributed by atoms with van der Waals surface area (Å²) in [4.78, 5) is 12.7. The minimum Gasteiger partial charge on any atom is -0.381 e. The SMILES string of the molecule is CN(CCC1CCOCC1)c1nc2c(c(NC3CCOCC3)n1)[S+](O)CC2. The van der Waals surface area contributed by atoms with Gasteiger partial charge in [0.25, 0.3) is 4.90 Å². The van der Waals surface area contributed by atoms with Gasteiger partial charge < -0.3 is 19.7 Å². The van der Waals surface area contributed by atoms with Crippen LogP contribution < -0.4 is 10.2 Å². The molecule has 27 heavy (non-hydrogen) atoms. The quantitative estimate of drug-likeness (QED) is 0.716. The van der Waals surface area contributed by atoms with E-state index >= 15 is 0 Å². The van der Waals surface area contributed by atoms with Crippen LogP contribution in [0.3, 0.4) is 0 Å². The molecule has 4 rings (SSSR count). The standard InChI is InChI=1S/C19H31N4O3S/c1-23(8-2-14-3-9-25-10-4-14)19-21-16-7-13-27(24)17(16)18(22-19)20-15-5-11-26-12-6-15/h14-15,24H,2-13H2,1H3,(H,20,21,22)/q+1. The molecule has 3 aliphatic rings. The van der Waals surface area contributed by atoms with Gasteiger partial charge in [0.15, 0.2) is 22.7 Å². The molecule has 150 valence electrons. The summed E-state index contributed by atoms with van der Waals surface area (Å²) in [5.41, 5.74) is 1.01. The van der Waals surface area contributed by atoms with Crippen molar-refractivity contribution >= 4 is 22.9 Å². The number of hydrogen-bond donors (Lipinski definition) is 2. The second kappa shape index (κ2) is 8.94. The number of hydrogen-bond acceptors (Lipinski definition) is 7. The number of aryl methyl sites for hydroxylation is 1. The molecule has 8 heteroatoms. The molecule has 3 aliphatic heterocycles. The van der Waals surface area contributed by atoms with Gasteiger partial charge in [-0.25, -0.2) is 4.98 Å². The van der Waals surface area contributed by atoms with Gasteiger partial charge in [-0.3, -0.25) is 0 Å². The largest absolute Gasteiger partial charge is 0.381 e. The first kappa shape index (κ1) is 19.2. The van der Waals surface area contributed by atoms with Gasteiger partial charge in [0, 0.05) is 52.5 Å². The Morgan fingerprint density at radius 1 is 1.11 bits per heavy atom. The van der Waals surface area contributed by atoms with E-state index in [1.807, 2.05) is 0 Å². The molecule has 1 aromatic heterocycles. The normalized spacial score (nSPS) is 24.0. The topological polar surface area (TPSA) is 79.7 Å². The van der Waals surface area contributed by atoms with Crippen molar-refractivity contribution in [2.75, 3.05) is 56.0 Å². The lowest BCUT2D eigenvalue weighted by molar-refractivity contribution is 0.0645. The van der Waals surface area contributed by atoms with Gasteiger partial charge >= 0.3 is 0 Å². The highest BCUT2D eigenvalue weighted by molar-refractivity contribution is 7.92. The van der Waals surface area contributed by atoms with Crippen molar-refractivity contribution in [1.29, 1.82) is 0 Å². The van der Waals surface area contributed by atoms with E-state index in [2.05, 4.69) is 17.3 Å². The first-order valence-electron chi connectivity index (χ1n) is 10.1. The monoisotopic (exact) mass is 395 g/mol. The molecule has 0 radical (unpaired) electrons. The van der Waals surface area contributed by atoms with E-state index in [1.54, 1.807) is 0 Å². The number of aromatic nitrogens is 2. The second-order valence-electron chi connectivity index (χ2n) is 7.76. The molecule has 0 aliphatic carbocycles. The minimum absolute atomic E-state index is 0.357. The fourth-order valence-electron chi connectivity index (χ4n) is 4.01. The minimum atomic E-state index is -0.744. The van der Waals surface area contributed by atoms with E-state index in [-0.39, 0.29) is 0 Å². The molecule has 0 aromatic carbocycles. The molecular weight excluding hydrogens is 364 g/mol. The van der Waals surface area contributed by atoms with Crippen molar-refractivity contribution in [3.05, 3.63) is 5.69 Å². The first-order valence-corrected chi connectivity index (χ1v) is 11.5. The van der Waals surface area contributed by atoms with E-state index in [4.69, 9.17) is 19.4 Å². The van der Waals surface area contributed by atoms with Crippen LogP contribution in [-0.4, -0.2) is 66.3 Å². The van der Waals surface area contributed by atoms with Gasteiger partial charge in [-0.15, -0.1) is 0 Å². The van der Waals surface area contributed by atoms with Crippen LogP contribution in [-0.2, 0) is 27.1 Å². The Morgan fingerprint density at radius 3 is 2.56 bits per heavy atom. The highest BCUT2D eigenvalue weighted by Crippen LogP contribution is 2.33. The van der Waals surface area contributed by atoms with E-state index in [0.29, 0.717) is 6.04 Å². The zero-order chi connectivity index (χ0) is 18.6. The molecule has 0 amide bonds. The predicted octanol–water partition coefficient (Wildman–Crippen LogP) is 2.33. The molecule has 2 N–H and O–H groups in total. The third-order valence-corrected chi connectivity index (χ3v) is 7.30. The van der Waals surface area contributed by atoms with Gasteiger partial charge in [-0.1, -0.05) is 0 Å². The number of nitrogens with zero attached hydrogens (tertiary/aromatic N) is 3. The van der Waals surface area contributed by atoms with Crippen molar-refractivity contribution in [1.82, 2.24) is 9.97 Å². The summed E-state index contributed by atoms with van der Waals surface area (Å²) in [5, 5.41) is 3.59. The summed E-state index contributed by atoms with van der Waals surface area (Å²) in [6, 6.07) is 0.357. The smallest absolute Gasteiger partial charge is 0.253 e. The highest BCUT2D eigenvalue weighted by atomic mass is 32.2. The van der Waals surface area contributed by atoms with Crippen LogP contribution in [0.4, 0.5) is 11.8 Å². The van der Waals surface area contributed by atoms with Crippen LogP contribution in [0.5, 0.6) is 0 Å². The Kier molecular flexibility index (Phi) is 6.37. The zero-order valence-corrected chi connectivity index (χ0v) is 17.0. The Balaban J connectivity index is 1.47. The van der Waals surface area contributed by atoms with Crippen molar-refractivity contribution in [3.8, 4) is 0 Å². The average Bonchev–Trinajstić information content (AvgIpc) is 3.09. The molecule has 1 unspecified atom stereocenters. The summed E-state index contributed by atoms with van der Waals surface area (Å²) < 4.78 is 21.4. The maximum Gasteiger partial charge on any atom is 0.253 e. The molecule has 1 aromatic rings. The maximum atomic E-state index is 10.5. The Bertz CT molecular complexity index is 636. The summed E-state index contributed by atoms with van der Waals surface area (Å²) in [6.45, 7) is 4.30. The summed E-state index contributed by atoms with van der Waals surface area (Å²) in [7, 11) is 2.08. The van der Waals surface area contributed by atoms with Crippen LogP contribution in [0.15, 0.2) is 4.90 Å². The fourth-order valence-corrected chi connectivity index (χ4v) is 5.35. The number of fused-ring (bicyclic) bond motifs is 1. The van der Waals surface area contributed by atoms with Gasteiger partial charge in [0.1, 0.15) is 5.69 Å². The molecule has 0 spiro atoms. The lowest BCUT2D eigenvalue weighted by Crippen LogP contribution is -2.30. The van der Waals surface area contributed by atoms with E-state index in [9.17, 15) is 4.55 Å². The molecule has 1 atom stereocenters. The average molecular weight is 396 g/mol. The van der Waals surface area contributed by atoms with Crippen LogP contribution in [0.25, 0.3) is 0 Å². The summed E-state index contributed by atoms with van der Waals surface area (Å²) in [6.07, 6.45) is 6.25. The van der Waals surface area contributed by atoms with E-state index < -0.39 is 11.2 Å². The van der Waals surface area contributed by atoms with E-state index in [0.717, 1.165) is 106 Å². The number of anilines is 2. The highest BCUT2D eigenvalue weighted by Gasteiger charge is 2.38. The van der Waals surface area contributed by atoms with Crippen molar-refractivity contribution < 1.29 is 14.0 Å². The Morgan fingerprint density at radius 2 is 1.81 bits per heavy atom. The number of nitrogens with one attached hydrogen (secondary N) is 1. The van der Waals surface area contributed by atoms with Crippen LogP contribution >= 0.6 is 0 Å². The van der Waals surface area contributed by atoms with Gasteiger partial charge in [0.05, 0.1) is 0 Å². The molecular formula is C19H31N4O3S+. The van der Waals surface area contributed by atoms with Crippen molar-refractivity contribution in [3.63, 3.8) is 0 Å². The lowest BCUT2D eigenvalue weighted by atomic mass is 9.96. The number of ether oxygens (including phenoxy) is 2. The second-order valence-corrected chi connectivity index (χ2v) is 9.31. The number of rotatable bonds is 6. The molecule has 4 heterocycles.